The molecule has 1 fully saturated rings. The number of nitrogens with zero attached hydrogens (tertiary/aromatic N) is 1. The average molecular weight is 350 g/mol. The summed E-state index contributed by atoms with van der Waals surface area (Å²) in [6.07, 6.45) is 2.83. The van der Waals surface area contributed by atoms with E-state index in [0.29, 0.717) is 12.1 Å². The third-order valence-electron chi connectivity index (χ3n) is 5.62. The standard InChI is InChI=1S/C20H25F3N2/c1-25(12-13-5-3-2-4-6-13)14-7-8-15(20(24)9-14)16-10-18(22)19(23)11-17(16)21/h2-6,11,14-16,20H,7-10,12,24H2,1H3/t14?,15-,16?,20?/m1/s1. The van der Waals surface area contributed by atoms with Gasteiger partial charge in [-0.1, -0.05) is 30.3 Å². The molecule has 0 radical (unpaired) electrons. The molecule has 136 valence electrons. The maximum Gasteiger partial charge on any atom is 0.157 e. The van der Waals surface area contributed by atoms with Gasteiger partial charge in [0, 0.05) is 37.0 Å². The Morgan fingerprint density at radius 1 is 1.12 bits per heavy atom. The Morgan fingerprint density at radius 2 is 1.84 bits per heavy atom. The summed E-state index contributed by atoms with van der Waals surface area (Å²) in [6.45, 7) is 0.836. The molecular formula is C20H25F3N2. The number of nitrogens with two attached hydrogens (primary N) is 1. The van der Waals surface area contributed by atoms with E-state index in [1.165, 1.54) is 5.56 Å². The number of allylic oxidation sites excluding steroid dienone is 4. The van der Waals surface area contributed by atoms with Crippen LogP contribution in [0.1, 0.15) is 31.2 Å². The van der Waals surface area contributed by atoms with Crippen LogP contribution in [0.2, 0.25) is 0 Å². The van der Waals surface area contributed by atoms with E-state index in [4.69, 9.17) is 5.73 Å². The summed E-state index contributed by atoms with van der Waals surface area (Å²) < 4.78 is 40.9. The molecule has 1 aromatic rings. The second kappa shape index (κ2) is 7.75. The summed E-state index contributed by atoms with van der Waals surface area (Å²) in [5.74, 6) is -3.29. The molecule has 2 aliphatic carbocycles. The molecule has 3 rings (SSSR count). The highest BCUT2D eigenvalue weighted by Gasteiger charge is 2.38. The molecule has 0 bridgehead atoms. The second-order valence-electron chi connectivity index (χ2n) is 7.29. The van der Waals surface area contributed by atoms with E-state index >= 15 is 0 Å². The van der Waals surface area contributed by atoms with Crippen molar-refractivity contribution in [1.29, 1.82) is 0 Å². The minimum atomic E-state index is -1.08. The summed E-state index contributed by atoms with van der Waals surface area (Å²) in [4.78, 5) is 2.28. The van der Waals surface area contributed by atoms with Crippen LogP contribution in [0.15, 0.2) is 53.9 Å². The first-order chi connectivity index (χ1) is 12.0. The summed E-state index contributed by atoms with van der Waals surface area (Å²) in [5, 5.41) is 0. The van der Waals surface area contributed by atoms with Crippen LogP contribution in [0, 0.1) is 11.8 Å². The maximum atomic E-state index is 14.1. The van der Waals surface area contributed by atoms with E-state index in [0.717, 1.165) is 25.8 Å². The number of halogens is 3. The lowest BCUT2D eigenvalue weighted by Gasteiger charge is -2.41. The zero-order chi connectivity index (χ0) is 18.0. The van der Waals surface area contributed by atoms with Crippen molar-refractivity contribution in [3.05, 3.63) is 59.5 Å². The molecule has 2 aliphatic rings. The molecule has 4 atom stereocenters. The van der Waals surface area contributed by atoms with Gasteiger partial charge >= 0.3 is 0 Å². The number of hydrogen-bond acceptors (Lipinski definition) is 2. The minimum absolute atomic E-state index is 0.142. The molecule has 5 heteroatoms. The third kappa shape index (κ3) is 4.15. The highest BCUT2D eigenvalue weighted by atomic mass is 19.2. The Labute approximate surface area is 147 Å². The first-order valence-electron chi connectivity index (χ1n) is 8.86. The van der Waals surface area contributed by atoms with E-state index in [1.807, 2.05) is 18.2 Å². The molecule has 0 aliphatic heterocycles. The van der Waals surface area contributed by atoms with Gasteiger partial charge in [0.1, 0.15) is 11.7 Å². The maximum absolute atomic E-state index is 14.1. The summed E-state index contributed by atoms with van der Waals surface area (Å²) in [6, 6.07) is 10.3. The van der Waals surface area contributed by atoms with E-state index in [2.05, 4.69) is 24.1 Å². The fourth-order valence-corrected chi connectivity index (χ4v) is 4.16. The lowest BCUT2D eigenvalue weighted by molar-refractivity contribution is 0.115. The molecule has 0 spiro atoms. The molecule has 2 N–H and O–H groups in total. The average Bonchev–Trinajstić information content (AvgIpc) is 2.59. The molecule has 0 heterocycles. The van der Waals surface area contributed by atoms with Crippen LogP contribution in [0.3, 0.4) is 0 Å². The number of rotatable bonds is 4. The third-order valence-corrected chi connectivity index (χ3v) is 5.62. The van der Waals surface area contributed by atoms with Crippen molar-refractivity contribution in [2.24, 2.45) is 17.6 Å². The molecule has 0 saturated heterocycles. The molecule has 25 heavy (non-hydrogen) atoms. The van der Waals surface area contributed by atoms with Crippen molar-refractivity contribution in [3.63, 3.8) is 0 Å². The van der Waals surface area contributed by atoms with Gasteiger partial charge in [0.05, 0.1) is 0 Å². The van der Waals surface area contributed by atoms with Gasteiger partial charge in [0.2, 0.25) is 0 Å². The minimum Gasteiger partial charge on any atom is -0.327 e. The zero-order valence-corrected chi connectivity index (χ0v) is 14.5. The number of benzene rings is 1. The summed E-state index contributed by atoms with van der Waals surface area (Å²) >= 11 is 0. The van der Waals surface area contributed by atoms with Crippen molar-refractivity contribution in [2.45, 2.75) is 44.3 Å². The smallest absolute Gasteiger partial charge is 0.157 e. The Kier molecular flexibility index (Phi) is 5.64. The van der Waals surface area contributed by atoms with Crippen LogP contribution in [0.5, 0.6) is 0 Å². The van der Waals surface area contributed by atoms with Crippen molar-refractivity contribution in [2.75, 3.05) is 7.05 Å². The fourth-order valence-electron chi connectivity index (χ4n) is 4.16. The molecule has 1 aromatic carbocycles. The molecule has 0 amide bonds. The van der Waals surface area contributed by atoms with Crippen LogP contribution >= 0.6 is 0 Å². The summed E-state index contributed by atoms with van der Waals surface area (Å²) in [5.41, 5.74) is 7.56. The van der Waals surface area contributed by atoms with Crippen molar-refractivity contribution in [3.8, 4) is 0 Å². The van der Waals surface area contributed by atoms with E-state index in [9.17, 15) is 13.2 Å². The predicted octanol–water partition coefficient (Wildman–Crippen LogP) is 4.64. The Balaban J connectivity index is 1.60. The fraction of sp³-hybridized carbons (Fsp3) is 0.500. The van der Waals surface area contributed by atoms with E-state index in [1.54, 1.807) is 0 Å². The molecule has 1 saturated carbocycles. The van der Waals surface area contributed by atoms with Crippen LogP contribution in [0.4, 0.5) is 13.2 Å². The second-order valence-corrected chi connectivity index (χ2v) is 7.29. The van der Waals surface area contributed by atoms with Crippen molar-refractivity contribution < 1.29 is 13.2 Å². The summed E-state index contributed by atoms with van der Waals surface area (Å²) in [7, 11) is 2.07. The van der Waals surface area contributed by atoms with Gasteiger partial charge in [-0.05, 0) is 37.8 Å². The van der Waals surface area contributed by atoms with Gasteiger partial charge in [-0.25, -0.2) is 13.2 Å². The van der Waals surface area contributed by atoms with Crippen molar-refractivity contribution >= 4 is 0 Å². The molecule has 2 nitrogen and oxygen atoms in total. The normalized spacial score (nSPS) is 30.6. The van der Waals surface area contributed by atoms with Crippen LogP contribution in [-0.2, 0) is 6.54 Å². The highest BCUT2D eigenvalue weighted by Crippen LogP contribution is 2.42. The first-order valence-corrected chi connectivity index (χ1v) is 8.86. The van der Waals surface area contributed by atoms with Crippen LogP contribution in [-0.4, -0.2) is 24.0 Å². The first kappa shape index (κ1) is 18.2. The van der Waals surface area contributed by atoms with Gasteiger partial charge in [-0.2, -0.15) is 0 Å². The lowest BCUT2D eigenvalue weighted by Crippen LogP contribution is -2.47. The van der Waals surface area contributed by atoms with Gasteiger partial charge in [-0.15, -0.1) is 0 Å². The largest absolute Gasteiger partial charge is 0.327 e. The number of hydrogen-bond donors (Lipinski definition) is 1. The van der Waals surface area contributed by atoms with Gasteiger partial charge < -0.3 is 5.73 Å². The zero-order valence-electron chi connectivity index (χ0n) is 14.5. The predicted molar refractivity (Wildman–Crippen MR) is 93.6 cm³/mol. The lowest BCUT2D eigenvalue weighted by atomic mass is 9.72. The molecular weight excluding hydrogens is 325 g/mol. The Morgan fingerprint density at radius 3 is 2.52 bits per heavy atom. The Hall–Kier alpha value is -1.59. The SMILES string of the molecule is CN(Cc1ccccc1)C1CC[C@H](C2CC(F)=C(F)C=C2F)C(N)C1. The van der Waals surface area contributed by atoms with Gasteiger partial charge in [0.15, 0.2) is 5.83 Å². The van der Waals surface area contributed by atoms with Gasteiger partial charge in [0.25, 0.3) is 0 Å². The molecule has 0 aromatic heterocycles. The van der Waals surface area contributed by atoms with E-state index < -0.39 is 23.4 Å². The van der Waals surface area contributed by atoms with E-state index in [-0.39, 0.29) is 18.4 Å². The monoisotopic (exact) mass is 350 g/mol. The van der Waals surface area contributed by atoms with Crippen LogP contribution in [0.25, 0.3) is 0 Å². The highest BCUT2D eigenvalue weighted by molar-refractivity contribution is 5.26. The molecule has 3 unspecified atom stereocenters. The Bertz CT molecular complexity index is 656. The van der Waals surface area contributed by atoms with Crippen molar-refractivity contribution in [1.82, 2.24) is 4.90 Å². The topological polar surface area (TPSA) is 29.3 Å². The van der Waals surface area contributed by atoms with Gasteiger partial charge in [-0.3, -0.25) is 4.90 Å². The van der Waals surface area contributed by atoms with Crippen LogP contribution < -0.4 is 5.73 Å². The quantitative estimate of drug-likeness (QED) is 0.857.